The fourth-order valence-electron chi connectivity index (χ4n) is 2.24. The van der Waals surface area contributed by atoms with E-state index in [0.29, 0.717) is 18.9 Å². The van der Waals surface area contributed by atoms with Gasteiger partial charge < -0.3 is 10.6 Å². The zero-order valence-corrected chi connectivity index (χ0v) is 14.0. The van der Waals surface area contributed by atoms with Crippen molar-refractivity contribution < 1.29 is 4.79 Å². The molecule has 0 saturated heterocycles. The van der Waals surface area contributed by atoms with Gasteiger partial charge in [0, 0.05) is 4.88 Å². The number of tetrazole rings is 1. The van der Waals surface area contributed by atoms with Crippen LogP contribution in [0.3, 0.4) is 0 Å². The summed E-state index contributed by atoms with van der Waals surface area (Å²) in [5.74, 6) is 0.368. The highest BCUT2D eigenvalue weighted by Gasteiger charge is 2.19. The summed E-state index contributed by atoms with van der Waals surface area (Å²) in [5.41, 5.74) is 0.832. The second-order valence-electron chi connectivity index (χ2n) is 5.15. The third-order valence-electron chi connectivity index (χ3n) is 3.52. The zero-order valence-electron chi connectivity index (χ0n) is 13.2. The molecule has 1 atom stereocenters. The monoisotopic (exact) mass is 342 g/mol. The van der Waals surface area contributed by atoms with E-state index in [1.165, 1.54) is 0 Å². The largest absolute Gasteiger partial charge is 0.349 e. The van der Waals surface area contributed by atoms with E-state index in [2.05, 4.69) is 26.2 Å². The van der Waals surface area contributed by atoms with E-state index in [9.17, 15) is 4.79 Å². The molecule has 1 amide bonds. The average molecular weight is 342 g/mol. The smallest absolute Gasteiger partial charge is 0.248 e. The summed E-state index contributed by atoms with van der Waals surface area (Å²) in [4.78, 5) is 13.5. The number of carbonyl (C=O) groups excluding carboxylic acids is 1. The maximum atomic E-state index is 12.4. The summed E-state index contributed by atoms with van der Waals surface area (Å²) >= 11 is 1.62. The number of hydrogen-bond acceptors (Lipinski definition) is 6. The molecule has 3 rings (SSSR count). The molecule has 0 fully saturated rings. The van der Waals surface area contributed by atoms with Crippen molar-refractivity contribution in [3.8, 4) is 5.69 Å². The predicted molar refractivity (Wildman–Crippen MR) is 93.0 cm³/mol. The number of thiophene rings is 1. The van der Waals surface area contributed by atoms with Crippen molar-refractivity contribution in [1.82, 2.24) is 25.5 Å². The fraction of sp³-hybridized carbons (Fsp3) is 0.250. The molecule has 0 bridgehead atoms. The minimum atomic E-state index is -0.404. The van der Waals surface area contributed by atoms with Crippen LogP contribution in [0.5, 0.6) is 0 Å². The zero-order chi connectivity index (χ0) is 16.8. The fourth-order valence-corrected chi connectivity index (χ4v) is 2.88. The minimum Gasteiger partial charge on any atom is -0.349 e. The number of amides is 1. The molecule has 2 aromatic heterocycles. The molecule has 0 saturated carbocycles. The number of aromatic nitrogens is 4. The first kappa shape index (κ1) is 16.1. The molecule has 0 unspecified atom stereocenters. The molecule has 8 heteroatoms. The first-order valence-corrected chi connectivity index (χ1v) is 8.56. The number of hydrogen-bond donors (Lipinski definition) is 2. The van der Waals surface area contributed by atoms with Crippen LogP contribution in [0.4, 0.5) is 5.95 Å². The lowest BCUT2D eigenvalue weighted by Crippen LogP contribution is -2.39. The van der Waals surface area contributed by atoms with Gasteiger partial charge in [0.05, 0.1) is 12.2 Å². The van der Waals surface area contributed by atoms with E-state index < -0.39 is 6.04 Å². The van der Waals surface area contributed by atoms with Crippen molar-refractivity contribution in [2.45, 2.75) is 25.9 Å². The number of rotatable bonds is 7. The van der Waals surface area contributed by atoms with Crippen LogP contribution in [0, 0.1) is 0 Å². The number of para-hydroxylation sites is 1. The molecule has 0 aliphatic rings. The SMILES string of the molecule is CC[C@H](Nc1nnnn1-c1ccccc1)C(=O)NCc1cccs1. The second-order valence-corrected chi connectivity index (χ2v) is 6.18. The first-order valence-electron chi connectivity index (χ1n) is 7.68. The van der Waals surface area contributed by atoms with Crippen LogP contribution in [0.15, 0.2) is 47.8 Å². The van der Waals surface area contributed by atoms with Gasteiger partial charge in [0.25, 0.3) is 0 Å². The van der Waals surface area contributed by atoms with Crippen LogP contribution in [-0.2, 0) is 11.3 Å². The molecule has 7 nitrogen and oxygen atoms in total. The maximum Gasteiger partial charge on any atom is 0.248 e. The number of anilines is 1. The molecule has 0 aliphatic carbocycles. The van der Waals surface area contributed by atoms with Gasteiger partial charge >= 0.3 is 0 Å². The predicted octanol–water partition coefficient (Wildman–Crippen LogP) is 2.23. The van der Waals surface area contributed by atoms with Gasteiger partial charge in [0.1, 0.15) is 6.04 Å². The summed E-state index contributed by atoms with van der Waals surface area (Å²) < 4.78 is 1.58. The van der Waals surface area contributed by atoms with Crippen molar-refractivity contribution in [1.29, 1.82) is 0 Å². The summed E-state index contributed by atoms with van der Waals surface area (Å²) in [5, 5.41) is 19.7. The lowest BCUT2D eigenvalue weighted by atomic mass is 10.2. The second kappa shape index (κ2) is 7.69. The van der Waals surface area contributed by atoms with E-state index >= 15 is 0 Å². The highest BCUT2D eigenvalue weighted by Crippen LogP contribution is 2.13. The van der Waals surface area contributed by atoms with Crippen LogP contribution in [0.2, 0.25) is 0 Å². The Balaban J connectivity index is 1.67. The van der Waals surface area contributed by atoms with Crippen molar-refractivity contribution >= 4 is 23.2 Å². The lowest BCUT2D eigenvalue weighted by molar-refractivity contribution is -0.122. The van der Waals surface area contributed by atoms with E-state index in [0.717, 1.165) is 10.6 Å². The Bertz CT molecular complexity index is 771. The summed E-state index contributed by atoms with van der Waals surface area (Å²) in [6.07, 6.45) is 0.623. The van der Waals surface area contributed by atoms with Crippen molar-refractivity contribution in [2.24, 2.45) is 0 Å². The minimum absolute atomic E-state index is 0.0755. The average Bonchev–Trinajstić information content (AvgIpc) is 3.30. The summed E-state index contributed by atoms with van der Waals surface area (Å²) in [7, 11) is 0. The van der Waals surface area contributed by atoms with Crippen molar-refractivity contribution in [2.75, 3.05) is 5.32 Å². The Hall–Kier alpha value is -2.74. The van der Waals surface area contributed by atoms with Crippen LogP contribution < -0.4 is 10.6 Å². The van der Waals surface area contributed by atoms with E-state index in [1.54, 1.807) is 16.0 Å². The Kier molecular flexibility index (Phi) is 5.17. The summed E-state index contributed by atoms with van der Waals surface area (Å²) in [6, 6.07) is 13.1. The highest BCUT2D eigenvalue weighted by molar-refractivity contribution is 7.09. The van der Waals surface area contributed by atoms with Gasteiger partial charge in [-0.2, -0.15) is 4.68 Å². The van der Waals surface area contributed by atoms with Gasteiger partial charge in [-0.25, -0.2) is 0 Å². The van der Waals surface area contributed by atoms with Gasteiger partial charge in [-0.15, -0.1) is 11.3 Å². The number of nitrogens with zero attached hydrogens (tertiary/aromatic N) is 4. The Labute approximate surface area is 143 Å². The molecule has 2 heterocycles. The summed E-state index contributed by atoms with van der Waals surface area (Å²) in [6.45, 7) is 2.47. The van der Waals surface area contributed by atoms with Gasteiger partial charge in [-0.1, -0.05) is 36.3 Å². The van der Waals surface area contributed by atoms with Crippen LogP contribution >= 0.6 is 11.3 Å². The van der Waals surface area contributed by atoms with Crippen LogP contribution in [-0.4, -0.2) is 32.2 Å². The lowest BCUT2D eigenvalue weighted by Gasteiger charge is -2.16. The standard InChI is InChI=1S/C16H18N6OS/c1-2-14(15(23)17-11-13-9-6-10-24-13)18-16-19-20-21-22(16)12-7-4-3-5-8-12/h3-10,14H,2,11H2,1H3,(H,17,23)(H,18,19,21)/t14-/m0/s1. The van der Waals surface area contributed by atoms with E-state index in [1.807, 2.05) is 54.8 Å². The molecule has 3 aromatic rings. The normalized spacial score (nSPS) is 11.9. The maximum absolute atomic E-state index is 12.4. The number of nitrogens with one attached hydrogen (secondary N) is 2. The van der Waals surface area contributed by atoms with Crippen molar-refractivity contribution in [3.05, 3.63) is 52.7 Å². The van der Waals surface area contributed by atoms with Crippen LogP contribution in [0.25, 0.3) is 5.69 Å². The highest BCUT2D eigenvalue weighted by atomic mass is 32.1. The third-order valence-corrected chi connectivity index (χ3v) is 4.39. The quantitative estimate of drug-likeness (QED) is 0.688. The van der Waals surface area contributed by atoms with Crippen molar-refractivity contribution in [3.63, 3.8) is 0 Å². The molecule has 0 spiro atoms. The van der Waals surface area contributed by atoms with Gasteiger partial charge in [0.15, 0.2) is 0 Å². The third kappa shape index (κ3) is 3.77. The molecular formula is C16H18N6OS. The van der Waals surface area contributed by atoms with E-state index in [4.69, 9.17) is 0 Å². The molecule has 124 valence electrons. The molecule has 2 N–H and O–H groups in total. The molecular weight excluding hydrogens is 324 g/mol. The molecule has 0 aliphatic heterocycles. The molecule has 0 radical (unpaired) electrons. The molecule has 24 heavy (non-hydrogen) atoms. The topological polar surface area (TPSA) is 84.7 Å². The van der Waals surface area contributed by atoms with E-state index in [-0.39, 0.29) is 5.91 Å². The van der Waals surface area contributed by atoms with Crippen LogP contribution in [0.1, 0.15) is 18.2 Å². The number of carbonyl (C=O) groups is 1. The van der Waals surface area contributed by atoms with Gasteiger partial charge in [-0.3, -0.25) is 4.79 Å². The Morgan fingerprint density at radius 3 is 2.79 bits per heavy atom. The first-order chi connectivity index (χ1) is 11.8. The Morgan fingerprint density at radius 1 is 1.25 bits per heavy atom. The Morgan fingerprint density at radius 2 is 2.08 bits per heavy atom. The van der Waals surface area contributed by atoms with Gasteiger partial charge in [0.2, 0.25) is 11.9 Å². The van der Waals surface area contributed by atoms with Gasteiger partial charge in [-0.05, 0) is 40.4 Å². The number of benzene rings is 1. The molecule has 1 aromatic carbocycles.